The maximum atomic E-state index is 13.0. The summed E-state index contributed by atoms with van der Waals surface area (Å²) in [4.78, 5) is 28.4. The number of nitrogens with one attached hydrogen (secondary N) is 1. The lowest BCUT2D eigenvalue weighted by Crippen LogP contribution is -2.43. The molecule has 0 spiro atoms. The number of piperidine rings is 1. The fourth-order valence-electron chi connectivity index (χ4n) is 4.49. The van der Waals surface area contributed by atoms with Crippen molar-refractivity contribution in [1.29, 1.82) is 0 Å². The van der Waals surface area contributed by atoms with Crippen LogP contribution in [0.3, 0.4) is 0 Å². The second-order valence-corrected chi connectivity index (χ2v) is 8.42. The minimum absolute atomic E-state index is 0.0886. The molecule has 4 rings (SSSR count). The van der Waals surface area contributed by atoms with E-state index in [0.29, 0.717) is 11.9 Å². The lowest BCUT2D eigenvalue weighted by atomic mass is 10.0. The fourth-order valence-corrected chi connectivity index (χ4v) is 4.49. The highest BCUT2D eigenvalue weighted by Gasteiger charge is 2.24. The van der Waals surface area contributed by atoms with Crippen LogP contribution in [0.5, 0.6) is 5.75 Å². The molecule has 1 fully saturated rings. The molecule has 2 heterocycles. The highest BCUT2D eigenvalue weighted by atomic mass is 16.5. The smallest absolute Gasteiger partial charge is 0.259 e. The van der Waals surface area contributed by atoms with Gasteiger partial charge in [0, 0.05) is 18.1 Å². The number of hydrogen-bond donors (Lipinski definition) is 1. The summed E-state index contributed by atoms with van der Waals surface area (Å²) >= 11 is 0. The molecule has 3 aromatic rings. The number of rotatable bonds is 7. The zero-order chi connectivity index (χ0) is 22.5. The van der Waals surface area contributed by atoms with E-state index in [1.54, 1.807) is 26.3 Å². The van der Waals surface area contributed by atoms with Crippen LogP contribution in [0.4, 0.5) is 0 Å². The quantitative estimate of drug-likeness (QED) is 0.614. The minimum atomic E-state index is -0.593. The van der Waals surface area contributed by atoms with Crippen molar-refractivity contribution < 1.29 is 9.53 Å². The maximum Gasteiger partial charge on any atom is 0.259 e. The van der Waals surface area contributed by atoms with Crippen LogP contribution in [-0.2, 0) is 4.79 Å². The molecule has 1 aliphatic heterocycles. The molecular formula is C26H31N3O3. The highest BCUT2D eigenvalue weighted by Crippen LogP contribution is 2.26. The summed E-state index contributed by atoms with van der Waals surface area (Å²) in [5, 5.41) is 4.61. The average Bonchev–Trinajstić information content (AvgIpc) is 2.85. The van der Waals surface area contributed by atoms with Gasteiger partial charge in [0.2, 0.25) is 5.91 Å². The summed E-state index contributed by atoms with van der Waals surface area (Å²) in [6.45, 7) is 4.31. The second-order valence-electron chi connectivity index (χ2n) is 8.42. The standard InChI is InChI=1S/C26H31N3O3/c1-19(29-17-14-20-8-4-5-9-23(20)26(29)31)25(30)27-18-24(28-15-6-3-7-16-28)21-10-12-22(32-2)13-11-21/h4-5,8-14,17,19,24H,3,6-7,15-16,18H2,1-2H3,(H,27,30)/t19-,24-/m0/s1. The van der Waals surface area contributed by atoms with E-state index in [1.165, 1.54) is 23.8 Å². The number of likely N-dealkylation sites (tertiary alicyclic amines) is 1. The summed E-state index contributed by atoms with van der Waals surface area (Å²) < 4.78 is 6.81. The van der Waals surface area contributed by atoms with Gasteiger partial charge in [-0.25, -0.2) is 0 Å². The summed E-state index contributed by atoms with van der Waals surface area (Å²) in [6, 6.07) is 16.9. The third-order valence-electron chi connectivity index (χ3n) is 6.44. The number of fused-ring (bicyclic) bond motifs is 1. The molecule has 32 heavy (non-hydrogen) atoms. The van der Waals surface area contributed by atoms with Gasteiger partial charge in [0.1, 0.15) is 11.8 Å². The molecule has 0 bridgehead atoms. The molecule has 0 radical (unpaired) electrons. The van der Waals surface area contributed by atoms with E-state index in [1.807, 2.05) is 36.4 Å². The van der Waals surface area contributed by atoms with Gasteiger partial charge in [0.05, 0.1) is 13.2 Å². The van der Waals surface area contributed by atoms with Gasteiger partial charge >= 0.3 is 0 Å². The van der Waals surface area contributed by atoms with Crippen LogP contribution in [0.25, 0.3) is 10.8 Å². The van der Waals surface area contributed by atoms with E-state index < -0.39 is 6.04 Å². The first-order valence-corrected chi connectivity index (χ1v) is 11.3. The Hall–Kier alpha value is -3.12. The third kappa shape index (κ3) is 4.70. The van der Waals surface area contributed by atoms with E-state index in [-0.39, 0.29) is 17.5 Å². The molecule has 1 amide bonds. The number of pyridine rings is 1. The van der Waals surface area contributed by atoms with Crippen LogP contribution in [0.15, 0.2) is 65.6 Å². The first kappa shape index (κ1) is 22.1. The zero-order valence-electron chi connectivity index (χ0n) is 18.8. The van der Waals surface area contributed by atoms with E-state index in [9.17, 15) is 9.59 Å². The largest absolute Gasteiger partial charge is 0.497 e. The SMILES string of the molecule is COc1ccc([C@H](CNC(=O)[C@H](C)n2ccc3ccccc3c2=O)N2CCCCC2)cc1. The number of aromatic nitrogens is 1. The molecule has 2 atom stereocenters. The van der Waals surface area contributed by atoms with E-state index in [4.69, 9.17) is 4.74 Å². The molecule has 0 unspecified atom stereocenters. The monoisotopic (exact) mass is 433 g/mol. The van der Waals surface area contributed by atoms with Crippen molar-refractivity contribution in [2.24, 2.45) is 0 Å². The summed E-state index contributed by atoms with van der Waals surface area (Å²) in [5.74, 6) is 0.664. The van der Waals surface area contributed by atoms with Gasteiger partial charge < -0.3 is 14.6 Å². The lowest BCUT2D eigenvalue weighted by molar-refractivity contribution is -0.124. The van der Waals surface area contributed by atoms with Gasteiger partial charge in [-0.05, 0) is 68.1 Å². The van der Waals surface area contributed by atoms with E-state index in [2.05, 4.69) is 22.3 Å². The predicted octanol–water partition coefficient (Wildman–Crippen LogP) is 3.91. The number of nitrogens with zero attached hydrogens (tertiary/aromatic N) is 2. The molecule has 1 N–H and O–H groups in total. The number of hydrogen-bond acceptors (Lipinski definition) is 4. The maximum absolute atomic E-state index is 13.0. The summed E-state index contributed by atoms with van der Waals surface area (Å²) in [6.07, 6.45) is 5.30. The van der Waals surface area contributed by atoms with Gasteiger partial charge in [0.25, 0.3) is 5.56 Å². The third-order valence-corrected chi connectivity index (χ3v) is 6.44. The van der Waals surface area contributed by atoms with Crippen LogP contribution in [0, 0.1) is 0 Å². The molecule has 168 valence electrons. The second kappa shape index (κ2) is 10.0. The van der Waals surface area contributed by atoms with Crippen molar-refractivity contribution in [2.45, 2.75) is 38.3 Å². The number of ether oxygens (including phenoxy) is 1. The van der Waals surface area contributed by atoms with Gasteiger partial charge in [0.15, 0.2) is 0 Å². The molecule has 1 aromatic heterocycles. The van der Waals surface area contributed by atoms with Gasteiger partial charge in [-0.1, -0.05) is 36.8 Å². The highest BCUT2D eigenvalue weighted by molar-refractivity contribution is 5.83. The van der Waals surface area contributed by atoms with Crippen molar-refractivity contribution in [3.8, 4) is 5.75 Å². The summed E-state index contributed by atoms with van der Waals surface area (Å²) in [5.41, 5.74) is 1.01. The molecule has 1 aliphatic rings. The normalized spacial score (nSPS) is 16.4. The predicted molar refractivity (Wildman–Crippen MR) is 127 cm³/mol. The van der Waals surface area contributed by atoms with E-state index in [0.717, 1.165) is 29.8 Å². The molecule has 0 aliphatic carbocycles. The summed E-state index contributed by atoms with van der Waals surface area (Å²) in [7, 11) is 1.66. The van der Waals surface area contributed by atoms with Crippen molar-refractivity contribution in [2.75, 3.05) is 26.7 Å². The van der Waals surface area contributed by atoms with Gasteiger partial charge in [-0.2, -0.15) is 0 Å². The zero-order valence-corrected chi connectivity index (χ0v) is 18.8. The Labute approximate surface area is 188 Å². The Bertz CT molecular complexity index is 1120. The molecule has 1 saturated heterocycles. The van der Waals surface area contributed by atoms with Crippen LogP contribution in [-0.4, -0.2) is 42.1 Å². The van der Waals surface area contributed by atoms with Crippen molar-refractivity contribution >= 4 is 16.7 Å². The van der Waals surface area contributed by atoms with Gasteiger partial charge in [-0.3, -0.25) is 14.5 Å². The first-order chi connectivity index (χ1) is 15.6. The van der Waals surface area contributed by atoms with Crippen LogP contribution < -0.4 is 15.6 Å². The Morgan fingerprint density at radius 3 is 2.47 bits per heavy atom. The number of benzene rings is 2. The average molecular weight is 434 g/mol. The molecule has 2 aromatic carbocycles. The van der Waals surface area contributed by atoms with Crippen LogP contribution in [0.2, 0.25) is 0 Å². The molecular weight excluding hydrogens is 402 g/mol. The van der Waals surface area contributed by atoms with Crippen LogP contribution >= 0.6 is 0 Å². The fraction of sp³-hybridized carbons (Fsp3) is 0.385. The molecule has 6 heteroatoms. The van der Waals surface area contributed by atoms with Gasteiger partial charge in [-0.15, -0.1) is 0 Å². The Kier molecular flexibility index (Phi) is 6.90. The number of carbonyl (C=O) groups is 1. The van der Waals surface area contributed by atoms with E-state index >= 15 is 0 Å². The minimum Gasteiger partial charge on any atom is -0.497 e. The van der Waals surface area contributed by atoms with Crippen molar-refractivity contribution in [3.05, 3.63) is 76.7 Å². The Balaban J connectivity index is 1.51. The lowest BCUT2D eigenvalue weighted by Gasteiger charge is -2.35. The topological polar surface area (TPSA) is 63.6 Å². The van der Waals surface area contributed by atoms with Crippen molar-refractivity contribution in [3.63, 3.8) is 0 Å². The number of carbonyl (C=O) groups excluding carboxylic acids is 1. The first-order valence-electron chi connectivity index (χ1n) is 11.3. The Morgan fingerprint density at radius 1 is 1.03 bits per heavy atom. The molecule has 6 nitrogen and oxygen atoms in total. The Morgan fingerprint density at radius 2 is 1.75 bits per heavy atom. The number of amides is 1. The number of methoxy groups -OCH3 is 1. The molecule has 0 saturated carbocycles. The van der Waals surface area contributed by atoms with Crippen LogP contribution in [0.1, 0.15) is 43.8 Å². The van der Waals surface area contributed by atoms with Crippen molar-refractivity contribution in [1.82, 2.24) is 14.8 Å².